The van der Waals surface area contributed by atoms with Gasteiger partial charge in [0.15, 0.2) is 11.0 Å². The van der Waals surface area contributed by atoms with Gasteiger partial charge in [-0.3, -0.25) is 4.57 Å². The highest BCUT2D eigenvalue weighted by Gasteiger charge is 2.39. The number of aliphatic hydroxyl groups is 3. The van der Waals surface area contributed by atoms with Crippen molar-refractivity contribution >= 4 is 38.6 Å². The second-order valence-corrected chi connectivity index (χ2v) is 5.89. The summed E-state index contributed by atoms with van der Waals surface area (Å²) in [4.78, 5) is 4.16. The number of hydrogen-bond acceptors (Lipinski definition) is 5. The minimum Gasteiger partial charge on any atom is -0.388 e. The molecule has 0 aliphatic carbocycles. The Labute approximate surface area is 131 Å². The number of aromatic nitrogens is 2. The van der Waals surface area contributed by atoms with Crippen LogP contribution in [0.5, 0.6) is 0 Å². The number of nitrogens with zero attached hydrogens (tertiary/aromatic N) is 2. The van der Waals surface area contributed by atoms with Gasteiger partial charge < -0.3 is 20.1 Å². The maximum atomic E-state index is 13.7. The minimum absolute atomic E-state index is 0.0692. The summed E-state index contributed by atoms with van der Waals surface area (Å²) in [6, 6.07) is 2.52. The quantitative estimate of drug-likeness (QED) is 0.691. The van der Waals surface area contributed by atoms with Gasteiger partial charge in [-0.1, -0.05) is 11.6 Å². The van der Waals surface area contributed by atoms with Crippen LogP contribution in [0.1, 0.15) is 6.23 Å². The summed E-state index contributed by atoms with van der Waals surface area (Å²) in [6.45, 7) is -0.162. The van der Waals surface area contributed by atoms with E-state index in [4.69, 9.17) is 16.3 Å². The van der Waals surface area contributed by atoms with Gasteiger partial charge in [0.25, 0.3) is 0 Å². The molecular weight excluding hydrogens is 370 g/mol. The van der Waals surface area contributed by atoms with Crippen LogP contribution in [0.25, 0.3) is 11.0 Å². The van der Waals surface area contributed by atoms with Crippen molar-refractivity contribution in [1.82, 2.24) is 9.55 Å². The van der Waals surface area contributed by atoms with E-state index in [1.54, 1.807) is 0 Å². The Morgan fingerprint density at radius 1 is 1.33 bits per heavy atom. The lowest BCUT2D eigenvalue weighted by atomic mass is 10.0. The molecule has 114 valence electrons. The third-order valence-electron chi connectivity index (χ3n) is 3.42. The van der Waals surface area contributed by atoms with Gasteiger partial charge in [-0.2, -0.15) is 0 Å². The van der Waals surface area contributed by atoms with E-state index in [-0.39, 0.29) is 16.4 Å². The Hall–Kier alpha value is -0.770. The first-order chi connectivity index (χ1) is 9.90. The van der Waals surface area contributed by atoms with Gasteiger partial charge in [-0.25, -0.2) is 9.37 Å². The molecule has 0 saturated carbocycles. The predicted molar refractivity (Wildman–Crippen MR) is 75.4 cm³/mol. The van der Waals surface area contributed by atoms with Gasteiger partial charge >= 0.3 is 0 Å². The highest BCUT2D eigenvalue weighted by Crippen LogP contribution is 2.33. The van der Waals surface area contributed by atoms with E-state index in [1.165, 1.54) is 16.7 Å². The lowest BCUT2D eigenvalue weighted by molar-refractivity contribution is -0.210. The first kappa shape index (κ1) is 15.1. The van der Waals surface area contributed by atoms with E-state index in [1.807, 2.05) is 0 Å². The highest BCUT2D eigenvalue weighted by atomic mass is 79.9. The number of rotatable bonds is 1. The average Bonchev–Trinajstić information content (AvgIpc) is 2.73. The summed E-state index contributed by atoms with van der Waals surface area (Å²) in [5.41, 5.74) is 0.751. The summed E-state index contributed by atoms with van der Waals surface area (Å²) in [5.74, 6) is -0.635. The Bertz CT molecular complexity index is 697. The van der Waals surface area contributed by atoms with E-state index in [9.17, 15) is 19.7 Å². The molecule has 6 nitrogen and oxygen atoms in total. The molecular formula is C12H11BrClFN2O4. The Balaban J connectivity index is 2.12. The van der Waals surface area contributed by atoms with Crippen LogP contribution < -0.4 is 0 Å². The number of fused-ring (bicyclic) bond motifs is 1. The van der Waals surface area contributed by atoms with Crippen LogP contribution in [0.15, 0.2) is 16.9 Å². The Morgan fingerprint density at radius 3 is 2.76 bits per heavy atom. The number of hydrogen-bond donors (Lipinski definition) is 3. The number of benzene rings is 1. The fraction of sp³-hybridized carbons (Fsp3) is 0.417. The molecule has 1 aliphatic rings. The van der Waals surface area contributed by atoms with E-state index in [0.29, 0.717) is 11.0 Å². The number of halogens is 3. The molecule has 0 unspecified atom stereocenters. The molecule has 21 heavy (non-hydrogen) atoms. The lowest BCUT2D eigenvalue weighted by Crippen LogP contribution is -2.50. The van der Waals surface area contributed by atoms with Crippen molar-refractivity contribution in [1.29, 1.82) is 0 Å². The Kier molecular flexibility index (Phi) is 3.93. The van der Waals surface area contributed by atoms with E-state index < -0.39 is 30.4 Å². The summed E-state index contributed by atoms with van der Waals surface area (Å²) in [6.07, 6.45) is -4.95. The van der Waals surface area contributed by atoms with Crippen molar-refractivity contribution in [2.45, 2.75) is 24.5 Å². The molecule has 9 heteroatoms. The van der Waals surface area contributed by atoms with E-state index in [0.717, 1.165) is 0 Å². The monoisotopic (exact) mass is 380 g/mol. The third kappa shape index (κ3) is 2.45. The summed E-state index contributed by atoms with van der Waals surface area (Å²) >= 11 is 8.92. The maximum Gasteiger partial charge on any atom is 0.180 e. The van der Waals surface area contributed by atoms with Gasteiger partial charge in [0.1, 0.15) is 24.1 Å². The Morgan fingerprint density at radius 2 is 2.05 bits per heavy atom. The van der Waals surface area contributed by atoms with Crippen molar-refractivity contribution in [3.05, 3.63) is 27.7 Å². The third-order valence-corrected chi connectivity index (χ3v) is 4.27. The van der Waals surface area contributed by atoms with E-state index >= 15 is 0 Å². The topological polar surface area (TPSA) is 87.7 Å². The predicted octanol–water partition coefficient (Wildman–Crippen LogP) is 1.20. The zero-order valence-corrected chi connectivity index (χ0v) is 12.8. The van der Waals surface area contributed by atoms with Crippen LogP contribution in [0, 0.1) is 5.82 Å². The van der Waals surface area contributed by atoms with Gasteiger partial charge in [-0.05, 0) is 22.0 Å². The largest absolute Gasteiger partial charge is 0.388 e. The molecule has 0 spiro atoms. The minimum atomic E-state index is -1.39. The molecule has 1 fully saturated rings. The SMILES string of the molecule is O[C@@H]1[C@H](O)[C@H](O)CO[C@H]1n1c(Br)nc2cc(Cl)c(F)cc21. The fourth-order valence-electron chi connectivity index (χ4n) is 2.32. The summed E-state index contributed by atoms with van der Waals surface area (Å²) < 4.78 is 20.7. The standard InChI is InChI=1S/C12H11BrClFN2O4/c13-12-16-6-1-4(14)5(15)2-7(6)17(12)11-10(20)9(19)8(18)3-21-11/h1-2,8-11,18-20H,3H2/t8-,9-,10-,11-/m1/s1. The molecule has 3 N–H and O–H groups in total. The molecule has 0 bridgehead atoms. The second-order valence-electron chi connectivity index (χ2n) is 4.78. The summed E-state index contributed by atoms with van der Waals surface area (Å²) in [5, 5.41) is 29.2. The van der Waals surface area contributed by atoms with Crippen LogP contribution in [0.2, 0.25) is 5.02 Å². The van der Waals surface area contributed by atoms with E-state index in [2.05, 4.69) is 20.9 Å². The smallest absolute Gasteiger partial charge is 0.180 e. The molecule has 1 aromatic carbocycles. The van der Waals surface area contributed by atoms with Crippen molar-refractivity contribution < 1.29 is 24.4 Å². The first-order valence-corrected chi connectivity index (χ1v) is 7.25. The lowest BCUT2D eigenvalue weighted by Gasteiger charge is -2.36. The zero-order chi connectivity index (χ0) is 15.3. The van der Waals surface area contributed by atoms with Crippen LogP contribution >= 0.6 is 27.5 Å². The summed E-state index contributed by atoms with van der Waals surface area (Å²) in [7, 11) is 0. The highest BCUT2D eigenvalue weighted by molar-refractivity contribution is 9.10. The molecule has 1 aromatic heterocycles. The van der Waals surface area contributed by atoms with Gasteiger partial charge in [-0.15, -0.1) is 0 Å². The van der Waals surface area contributed by atoms with Crippen LogP contribution in [-0.4, -0.2) is 49.8 Å². The first-order valence-electron chi connectivity index (χ1n) is 6.08. The van der Waals surface area contributed by atoms with Crippen molar-refractivity contribution in [2.24, 2.45) is 0 Å². The molecule has 0 amide bonds. The fourth-order valence-corrected chi connectivity index (χ4v) is 3.06. The van der Waals surface area contributed by atoms with Gasteiger partial charge in [0.05, 0.1) is 22.7 Å². The molecule has 1 saturated heterocycles. The second kappa shape index (κ2) is 5.45. The number of ether oxygens (including phenoxy) is 1. The zero-order valence-electron chi connectivity index (χ0n) is 10.4. The number of imidazole rings is 1. The molecule has 2 aromatic rings. The van der Waals surface area contributed by atoms with Crippen molar-refractivity contribution in [3.63, 3.8) is 0 Å². The van der Waals surface area contributed by atoms with Crippen LogP contribution in [0.4, 0.5) is 4.39 Å². The normalized spacial score (nSPS) is 30.0. The van der Waals surface area contributed by atoms with Crippen molar-refractivity contribution in [2.75, 3.05) is 6.61 Å². The molecule has 2 heterocycles. The van der Waals surface area contributed by atoms with Crippen molar-refractivity contribution in [3.8, 4) is 0 Å². The maximum absolute atomic E-state index is 13.7. The van der Waals surface area contributed by atoms with Gasteiger partial charge in [0, 0.05) is 6.07 Å². The molecule has 0 radical (unpaired) electrons. The molecule has 1 aliphatic heterocycles. The molecule has 3 rings (SSSR count). The van der Waals surface area contributed by atoms with Crippen LogP contribution in [-0.2, 0) is 4.74 Å². The number of aliphatic hydroxyl groups excluding tert-OH is 3. The van der Waals surface area contributed by atoms with Gasteiger partial charge in [0.2, 0.25) is 0 Å². The average molecular weight is 382 g/mol. The van der Waals surface area contributed by atoms with Crippen LogP contribution in [0.3, 0.4) is 0 Å². The molecule has 4 atom stereocenters.